The Hall–Kier alpha value is -1.02. The Morgan fingerprint density at radius 2 is 1.61 bits per heavy atom. The van der Waals surface area contributed by atoms with Crippen molar-refractivity contribution in [3.63, 3.8) is 0 Å². The molecule has 1 aliphatic heterocycles. The van der Waals surface area contributed by atoms with Gasteiger partial charge in [0, 0.05) is 6.04 Å². The van der Waals surface area contributed by atoms with Crippen molar-refractivity contribution in [2.75, 3.05) is 13.1 Å². The second-order valence-corrected chi connectivity index (χ2v) is 4.40. The van der Waals surface area contributed by atoms with Crippen molar-refractivity contribution in [3.05, 3.63) is 29.3 Å². The van der Waals surface area contributed by atoms with Crippen LogP contribution in [-0.2, 0) is 12.8 Å². The van der Waals surface area contributed by atoms with Gasteiger partial charge in [0.2, 0.25) is 0 Å². The van der Waals surface area contributed by atoms with Crippen LogP contribution in [0, 0.1) is 0 Å². The highest BCUT2D eigenvalue weighted by Crippen LogP contribution is 2.30. The van der Waals surface area contributed by atoms with Crippen molar-refractivity contribution in [2.45, 2.75) is 53.0 Å². The third-order valence-electron chi connectivity index (χ3n) is 3.51. The number of rotatable bonds is 1. The van der Waals surface area contributed by atoms with Crippen molar-refractivity contribution in [3.8, 4) is 5.75 Å². The fraction of sp³-hybridized carbons (Fsp3) is 0.625. The van der Waals surface area contributed by atoms with E-state index in [-0.39, 0.29) is 0 Å². The number of aromatic hydroxyl groups is 1. The summed E-state index contributed by atoms with van der Waals surface area (Å²) >= 11 is 0. The van der Waals surface area contributed by atoms with Gasteiger partial charge in [0.25, 0.3) is 0 Å². The molecule has 1 aromatic carbocycles. The van der Waals surface area contributed by atoms with E-state index in [1.807, 2.05) is 33.8 Å². The fourth-order valence-electron chi connectivity index (χ4n) is 2.55. The first kappa shape index (κ1) is 15.0. The number of phenols is 1. The van der Waals surface area contributed by atoms with E-state index in [2.05, 4.69) is 11.0 Å². The highest BCUT2D eigenvalue weighted by molar-refractivity contribution is 5.39. The van der Waals surface area contributed by atoms with Crippen LogP contribution in [0.2, 0.25) is 0 Å². The molecule has 1 fully saturated rings. The zero-order chi connectivity index (χ0) is 13.5. The van der Waals surface area contributed by atoms with E-state index in [1.54, 1.807) is 6.07 Å². The summed E-state index contributed by atoms with van der Waals surface area (Å²) in [6.45, 7) is 10.5. The minimum absolute atomic E-state index is 0.410. The van der Waals surface area contributed by atoms with Gasteiger partial charge in [-0.05, 0) is 55.6 Å². The first-order valence-corrected chi connectivity index (χ1v) is 7.38. The van der Waals surface area contributed by atoms with E-state index < -0.39 is 0 Å². The average molecular weight is 249 g/mol. The van der Waals surface area contributed by atoms with E-state index in [0.717, 1.165) is 6.42 Å². The lowest BCUT2D eigenvalue weighted by molar-refractivity contribution is 0.123. The predicted molar refractivity (Wildman–Crippen MR) is 78.2 cm³/mol. The molecule has 1 aromatic rings. The molecule has 1 N–H and O–H groups in total. The second-order valence-electron chi connectivity index (χ2n) is 4.40. The van der Waals surface area contributed by atoms with Crippen LogP contribution >= 0.6 is 0 Å². The number of phenolic OH excluding ortho intramolecular Hbond substituents is 1. The minimum atomic E-state index is 0.410. The lowest BCUT2D eigenvalue weighted by Gasteiger charge is -2.36. The monoisotopic (exact) mass is 249 g/mol. The van der Waals surface area contributed by atoms with Crippen LogP contribution < -0.4 is 0 Å². The lowest BCUT2D eigenvalue weighted by atomic mass is 10.1. The average Bonchev–Trinajstić information content (AvgIpc) is 2.74. The Bertz CT molecular complexity index is 358. The smallest absolute Gasteiger partial charge is 0.115 e. The molecule has 102 valence electrons. The van der Waals surface area contributed by atoms with Crippen molar-refractivity contribution in [1.29, 1.82) is 0 Å². The molecule has 0 saturated carbocycles. The maximum atomic E-state index is 9.38. The lowest BCUT2D eigenvalue weighted by Crippen LogP contribution is -2.45. The predicted octanol–water partition coefficient (Wildman–Crippen LogP) is 3.62. The minimum Gasteiger partial charge on any atom is -0.508 e. The summed E-state index contributed by atoms with van der Waals surface area (Å²) in [6, 6.07) is 6.51. The highest BCUT2D eigenvalue weighted by atomic mass is 16.3. The Morgan fingerprint density at radius 3 is 2.17 bits per heavy atom. The normalized spacial score (nSPS) is 20.8. The van der Waals surface area contributed by atoms with Crippen LogP contribution in [0.15, 0.2) is 18.2 Å². The zero-order valence-electron chi connectivity index (χ0n) is 12.2. The molecule has 2 nitrogen and oxygen atoms in total. The molecule has 1 heterocycles. The van der Waals surface area contributed by atoms with Crippen LogP contribution in [-0.4, -0.2) is 29.1 Å². The second kappa shape index (κ2) is 7.42. The molecule has 18 heavy (non-hydrogen) atoms. The van der Waals surface area contributed by atoms with Crippen LogP contribution in [0.4, 0.5) is 0 Å². The Balaban J connectivity index is 0.000000371. The summed E-state index contributed by atoms with van der Waals surface area (Å²) in [7, 11) is 0. The largest absolute Gasteiger partial charge is 0.508 e. The van der Waals surface area contributed by atoms with Gasteiger partial charge in [0.15, 0.2) is 0 Å². The van der Waals surface area contributed by atoms with Crippen LogP contribution in [0.5, 0.6) is 5.75 Å². The molecule has 0 amide bonds. The Morgan fingerprint density at radius 1 is 1.00 bits per heavy atom. The number of nitrogens with zero attached hydrogens (tertiary/aromatic N) is 1. The molecule has 3 rings (SSSR count). The molecular formula is C16H27NO. The number of fused-ring (bicyclic) bond motifs is 1. The van der Waals surface area contributed by atoms with Gasteiger partial charge in [0.1, 0.15) is 5.75 Å². The molecular weight excluding hydrogens is 222 g/mol. The van der Waals surface area contributed by atoms with Crippen molar-refractivity contribution >= 4 is 0 Å². The molecule has 1 unspecified atom stereocenters. The van der Waals surface area contributed by atoms with E-state index >= 15 is 0 Å². The van der Waals surface area contributed by atoms with Crippen LogP contribution in [0.25, 0.3) is 0 Å². The van der Waals surface area contributed by atoms with Gasteiger partial charge in [-0.2, -0.15) is 0 Å². The van der Waals surface area contributed by atoms with E-state index in [0.29, 0.717) is 11.8 Å². The quantitative estimate of drug-likeness (QED) is 0.821. The molecule has 1 atom stereocenters. The van der Waals surface area contributed by atoms with Gasteiger partial charge < -0.3 is 5.11 Å². The summed E-state index contributed by atoms with van der Waals surface area (Å²) in [5.41, 5.74) is 2.78. The Kier molecular flexibility index (Phi) is 6.20. The van der Waals surface area contributed by atoms with Crippen molar-refractivity contribution < 1.29 is 5.11 Å². The summed E-state index contributed by atoms with van der Waals surface area (Å²) in [5.74, 6) is 0.410. The van der Waals surface area contributed by atoms with Crippen LogP contribution in [0.3, 0.4) is 0 Å². The van der Waals surface area contributed by atoms with Gasteiger partial charge in [-0.25, -0.2) is 0 Å². The highest BCUT2D eigenvalue weighted by Gasteiger charge is 2.29. The Labute approximate surface area is 112 Å². The standard InChI is InChI=1S/C12H15NO.2C2H6/c14-12-3-2-9-6-11(7-10(9)8-12)13-4-1-5-13;2*1-2/h2-3,8,11,14H,1,4-7H2;2*1-2H3. The summed E-state index contributed by atoms with van der Waals surface area (Å²) < 4.78 is 0. The van der Waals surface area contributed by atoms with Crippen LogP contribution in [0.1, 0.15) is 45.2 Å². The van der Waals surface area contributed by atoms with Gasteiger partial charge >= 0.3 is 0 Å². The molecule has 1 aliphatic carbocycles. The summed E-state index contributed by atoms with van der Waals surface area (Å²) in [4.78, 5) is 2.55. The first-order chi connectivity index (χ1) is 8.83. The summed E-state index contributed by atoms with van der Waals surface area (Å²) in [6.07, 6.45) is 3.66. The SMILES string of the molecule is CC.CC.Oc1ccc2c(c1)CC(N1CCC1)C2. The molecule has 2 heteroatoms. The van der Waals surface area contributed by atoms with Crippen molar-refractivity contribution in [2.24, 2.45) is 0 Å². The van der Waals surface area contributed by atoms with Gasteiger partial charge in [0.05, 0.1) is 0 Å². The number of hydrogen-bond acceptors (Lipinski definition) is 2. The molecule has 0 radical (unpaired) electrons. The number of hydrogen-bond donors (Lipinski definition) is 1. The summed E-state index contributed by atoms with van der Waals surface area (Å²) in [5, 5.41) is 9.38. The number of benzene rings is 1. The molecule has 1 saturated heterocycles. The fourth-order valence-corrected chi connectivity index (χ4v) is 2.55. The number of likely N-dealkylation sites (tertiary alicyclic amines) is 1. The zero-order valence-corrected chi connectivity index (χ0v) is 12.2. The maximum absolute atomic E-state index is 9.38. The molecule has 0 spiro atoms. The van der Waals surface area contributed by atoms with Gasteiger partial charge in [-0.1, -0.05) is 33.8 Å². The van der Waals surface area contributed by atoms with E-state index in [9.17, 15) is 5.11 Å². The van der Waals surface area contributed by atoms with E-state index in [1.165, 1.54) is 37.1 Å². The molecule has 0 bridgehead atoms. The third-order valence-corrected chi connectivity index (χ3v) is 3.51. The molecule has 2 aliphatic rings. The van der Waals surface area contributed by atoms with Gasteiger partial charge in [-0.3, -0.25) is 4.90 Å². The van der Waals surface area contributed by atoms with E-state index in [4.69, 9.17) is 0 Å². The third kappa shape index (κ3) is 3.26. The molecule has 0 aromatic heterocycles. The van der Waals surface area contributed by atoms with Crippen molar-refractivity contribution in [1.82, 2.24) is 4.90 Å². The van der Waals surface area contributed by atoms with Gasteiger partial charge in [-0.15, -0.1) is 0 Å². The maximum Gasteiger partial charge on any atom is 0.115 e. The topological polar surface area (TPSA) is 23.5 Å². The first-order valence-electron chi connectivity index (χ1n) is 7.38.